The second-order valence-corrected chi connectivity index (χ2v) is 5.95. The molecule has 6 heteroatoms. The summed E-state index contributed by atoms with van der Waals surface area (Å²) in [5.74, 6) is -0.367. The highest BCUT2D eigenvalue weighted by atomic mass is 32.2. The van der Waals surface area contributed by atoms with Crippen molar-refractivity contribution < 1.29 is 17.9 Å². The number of rotatable bonds is 7. The second kappa shape index (κ2) is 6.65. The van der Waals surface area contributed by atoms with Gasteiger partial charge in [0.2, 0.25) is 0 Å². The summed E-state index contributed by atoms with van der Waals surface area (Å²) < 4.78 is 26.6. The van der Waals surface area contributed by atoms with E-state index in [2.05, 4.69) is 6.58 Å². The molecular formula is C10H19NO4S. The number of ether oxygens (including phenoxy) is 1. The fourth-order valence-corrected chi connectivity index (χ4v) is 1.67. The van der Waals surface area contributed by atoms with Crippen molar-refractivity contribution in [2.75, 3.05) is 38.8 Å². The predicted octanol–water partition coefficient (Wildman–Crippen LogP) is 0.0821. The van der Waals surface area contributed by atoms with E-state index in [-0.39, 0.29) is 5.75 Å². The zero-order valence-corrected chi connectivity index (χ0v) is 10.8. The molecule has 0 aliphatic heterocycles. The van der Waals surface area contributed by atoms with E-state index in [9.17, 15) is 13.2 Å². The maximum Gasteiger partial charge on any atom is 0.334 e. The molecular weight excluding hydrogens is 230 g/mol. The van der Waals surface area contributed by atoms with Crippen LogP contribution >= 0.6 is 0 Å². The van der Waals surface area contributed by atoms with Crippen LogP contribution in [0.2, 0.25) is 0 Å². The number of hydrogen-bond acceptors (Lipinski definition) is 5. The van der Waals surface area contributed by atoms with Gasteiger partial charge in [-0.15, -0.1) is 0 Å². The molecule has 0 N–H and O–H groups in total. The van der Waals surface area contributed by atoms with Gasteiger partial charge in [-0.25, -0.2) is 13.2 Å². The Morgan fingerprint density at radius 2 is 2.00 bits per heavy atom. The molecule has 0 amide bonds. The van der Waals surface area contributed by atoms with Crippen molar-refractivity contribution in [2.45, 2.75) is 6.92 Å². The van der Waals surface area contributed by atoms with Crippen molar-refractivity contribution in [1.29, 1.82) is 0 Å². The number of hydrogen-bond donors (Lipinski definition) is 0. The minimum absolute atomic E-state index is 0.0691. The summed E-state index contributed by atoms with van der Waals surface area (Å²) in [6.07, 6.45) is 1.18. The van der Waals surface area contributed by atoms with Gasteiger partial charge in [0.25, 0.3) is 0 Å². The topological polar surface area (TPSA) is 63.7 Å². The first-order chi connectivity index (χ1) is 7.26. The lowest BCUT2D eigenvalue weighted by atomic mass is 10.3. The van der Waals surface area contributed by atoms with Gasteiger partial charge in [0.15, 0.2) is 0 Å². The van der Waals surface area contributed by atoms with Crippen LogP contribution in [-0.4, -0.2) is 58.0 Å². The van der Waals surface area contributed by atoms with E-state index in [1.165, 1.54) is 6.26 Å². The zero-order chi connectivity index (χ0) is 12.8. The number of carbonyl (C=O) groups excluding carboxylic acids is 1. The quantitative estimate of drug-likeness (QED) is 0.472. The monoisotopic (exact) mass is 249 g/mol. The minimum Gasteiger partial charge on any atom is -0.463 e. The molecule has 0 unspecified atom stereocenters. The van der Waals surface area contributed by atoms with Crippen molar-refractivity contribution in [3.05, 3.63) is 12.2 Å². The smallest absolute Gasteiger partial charge is 0.334 e. The molecule has 0 atom stereocenters. The first-order valence-corrected chi connectivity index (χ1v) is 7.03. The van der Waals surface area contributed by atoms with E-state index < -0.39 is 15.8 Å². The molecule has 0 fully saturated rings. The highest BCUT2D eigenvalue weighted by Crippen LogP contribution is 1.98. The SMILES string of the molecule is C=C(CN(C)CCS(C)(=O)=O)C(=O)OCC. The Morgan fingerprint density at radius 1 is 1.44 bits per heavy atom. The van der Waals surface area contributed by atoms with Crippen LogP contribution in [0.4, 0.5) is 0 Å². The Bertz CT molecular complexity index is 348. The highest BCUT2D eigenvalue weighted by molar-refractivity contribution is 7.90. The number of carbonyl (C=O) groups is 1. The summed E-state index contributed by atoms with van der Waals surface area (Å²) in [5.41, 5.74) is 0.331. The van der Waals surface area contributed by atoms with Gasteiger partial charge < -0.3 is 9.64 Å². The lowest BCUT2D eigenvalue weighted by Gasteiger charge is -2.16. The highest BCUT2D eigenvalue weighted by Gasteiger charge is 2.11. The number of likely N-dealkylation sites (N-methyl/N-ethyl adjacent to an activating group) is 1. The number of esters is 1. The van der Waals surface area contributed by atoms with E-state index in [0.717, 1.165) is 0 Å². The molecule has 94 valence electrons. The molecule has 0 heterocycles. The van der Waals surface area contributed by atoms with Gasteiger partial charge in [0, 0.05) is 24.9 Å². The lowest BCUT2D eigenvalue weighted by Crippen LogP contribution is -2.29. The molecule has 0 rings (SSSR count). The standard InChI is InChI=1S/C10H19NO4S/c1-5-15-10(12)9(2)8-11(3)6-7-16(4,13)14/h2,5-8H2,1,3-4H3. The fourth-order valence-electron chi connectivity index (χ4n) is 1.02. The first-order valence-electron chi connectivity index (χ1n) is 4.97. The third kappa shape index (κ3) is 7.42. The fraction of sp³-hybridized carbons (Fsp3) is 0.700. The van der Waals surface area contributed by atoms with Gasteiger partial charge in [-0.3, -0.25) is 0 Å². The maximum atomic E-state index is 11.2. The molecule has 0 saturated carbocycles. The van der Waals surface area contributed by atoms with Gasteiger partial charge in [0.05, 0.1) is 12.4 Å². The molecule has 0 radical (unpaired) electrons. The third-order valence-electron chi connectivity index (χ3n) is 1.87. The summed E-state index contributed by atoms with van der Waals surface area (Å²) in [5, 5.41) is 0. The summed E-state index contributed by atoms with van der Waals surface area (Å²) >= 11 is 0. The van der Waals surface area contributed by atoms with Crippen molar-refractivity contribution in [1.82, 2.24) is 4.90 Å². The molecule has 0 aliphatic rings. The normalized spacial score (nSPS) is 11.5. The second-order valence-electron chi connectivity index (χ2n) is 3.69. The lowest BCUT2D eigenvalue weighted by molar-refractivity contribution is -0.138. The molecule has 0 saturated heterocycles. The van der Waals surface area contributed by atoms with E-state index in [0.29, 0.717) is 25.3 Å². The zero-order valence-electron chi connectivity index (χ0n) is 10.0. The van der Waals surface area contributed by atoms with Crippen molar-refractivity contribution in [3.63, 3.8) is 0 Å². The summed E-state index contributed by atoms with van der Waals surface area (Å²) in [6, 6.07) is 0. The molecule has 0 bridgehead atoms. The predicted molar refractivity (Wildman–Crippen MR) is 63.0 cm³/mol. The van der Waals surface area contributed by atoms with Gasteiger partial charge in [-0.05, 0) is 14.0 Å². The minimum atomic E-state index is -2.97. The van der Waals surface area contributed by atoms with Crippen molar-refractivity contribution in [3.8, 4) is 0 Å². The van der Waals surface area contributed by atoms with Crippen LogP contribution in [0.15, 0.2) is 12.2 Å². The van der Waals surface area contributed by atoms with E-state index in [4.69, 9.17) is 4.74 Å². The molecule has 0 spiro atoms. The maximum absolute atomic E-state index is 11.2. The van der Waals surface area contributed by atoms with Crippen LogP contribution in [0.25, 0.3) is 0 Å². The summed E-state index contributed by atoms with van der Waals surface area (Å²) in [6.45, 7) is 6.31. The van der Waals surface area contributed by atoms with Crippen LogP contribution in [-0.2, 0) is 19.4 Å². The van der Waals surface area contributed by atoms with Crippen LogP contribution in [0.1, 0.15) is 6.92 Å². The Kier molecular flexibility index (Phi) is 6.28. The molecule has 0 aromatic heterocycles. The Labute approximate surface area is 97.0 Å². The summed E-state index contributed by atoms with van der Waals surface area (Å²) in [7, 11) is -1.24. The van der Waals surface area contributed by atoms with Crippen LogP contribution in [0.3, 0.4) is 0 Å². The van der Waals surface area contributed by atoms with Gasteiger partial charge in [0.1, 0.15) is 9.84 Å². The van der Waals surface area contributed by atoms with Gasteiger partial charge >= 0.3 is 5.97 Å². The average molecular weight is 249 g/mol. The number of sulfone groups is 1. The van der Waals surface area contributed by atoms with E-state index in [1.54, 1.807) is 18.9 Å². The average Bonchev–Trinajstić information content (AvgIpc) is 2.14. The Hall–Kier alpha value is -0.880. The molecule has 0 aliphatic carbocycles. The molecule has 16 heavy (non-hydrogen) atoms. The van der Waals surface area contributed by atoms with E-state index >= 15 is 0 Å². The first kappa shape index (κ1) is 15.1. The largest absolute Gasteiger partial charge is 0.463 e. The van der Waals surface area contributed by atoms with Gasteiger partial charge in [-0.1, -0.05) is 6.58 Å². The van der Waals surface area contributed by atoms with Crippen molar-refractivity contribution >= 4 is 15.8 Å². The Morgan fingerprint density at radius 3 is 2.44 bits per heavy atom. The van der Waals surface area contributed by atoms with Crippen LogP contribution < -0.4 is 0 Å². The van der Waals surface area contributed by atoms with Crippen LogP contribution in [0, 0.1) is 0 Å². The van der Waals surface area contributed by atoms with E-state index in [1.807, 2.05) is 0 Å². The summed E-state index contributed by atoms with van der Waals surface area (Å²) in [4.78, 5) is 12.9. The molecule has 0 aromatic rings. The van der Waals surface area contributed by atoms with Crippen LogP contribution in [0.5, 0.6) is 0 Å². The van der Waals surface area contributed by atoms with Crippen molar-refractivity contribution in [2.24, 2.45) is 0 Å². The van der Waals surface area contributed by atoms with Gasteiger partial charge in [-0.2, -0.15) is 0 Å². The third-order valence-corrected chi connectivity index (χ3v) is 2.79. The number of nitrogens with zero attached hydrogens (tertiary/aromatic N) is 1. The molecule has 0 aromatic carbocycles. The Balaban J connectivity index is 4.01. The molecule has 5 nitrogen and oxygen atoms in total.